The first-order valence-electron chi connectivity index (χ1n) is 4.85. The van der Waals surface area contributed by atoms with Gasteiger partial charge in [-0.05, 0) is 30.9 Å². The Hall–Kier alpha value is -1.13. The molecule has 1 aromatic heterocycles. The Bertz CT molecular complexity index is 319. The first-order chi connectivity index (χ1) is 7.22. The van der Waals surface area contributed by atoms with Crippen LogP contribution in [-0.2, 0) is 4.79 Å². The van der Waals surface area contributed by atoms with Crippen molar-refractivity contribution in [1.29, 1.82) is 0 Å². The summed E-state index contributed by atoms with van der Waals surface area (Å²) >= 11 is 1.59. The molecule has 15 heavy (non-hydrogen) atoms. The quantitative estimate of drug-likeness (QED) is 0.749. The Morgan fingerprint density at radius 1 is 1.73 bits per heavy atom. The third-order valence-electron chi connectivity index (χ3n) is 1.89. The normalized spacial score (nSPS) is 12.9. The fourth-order valence-corrected chi connectivity index (χ4v) is 1.72. The van der Waals surface area contributed by atoms with Gasteiger partial charge in [0.2, 0.25) is 5.91 Å². The molecule has 0 fully saturated rings. The van der Waals surface area contributed by atoms with Crippen LogP contribution >= 0.6 is 11.3 Å². The van der Waals surface area contributed by atoms with Crippen molar-refractivity contribution >= 4 is 23.3 Å². The molecule has 3 nitrogen and oxygen atoms in total. The molecule has 1 atom stereocenters. The zero-order chi connectivity index (χ0) is 11.1. The van der Waals surface area contributed by atoms with Gasteiger partial charge in [0.15, 0.2) is 0 Å². The van der Waals surface area contributed by atoms with E-state index in [1.807, 2.05) is 24.4 Å². The maximum Gasteiger partial charge on any atom is 0.244 e. The molecule has 0 saturated heterocycles. The van der Waals surface area contributed by atoms with Gasteiger partial charge in [0.1, 0.15) is 0 Å². The van der Waals surface area contributed by atoms with Gasteiger partial charge in [-0.15, -0.1) is 11.3 Å². The number of aliphatic hydroxyl groups is 1. The molecule has 1 heterocycles. The summed E-state index contributed by atoms with van der Waals surface area (Å²) < 4.78 is 0. The Balaban J connectivity index is 2.36. The molecule has 0 aliphatic rings. The van der Waals surface area contributed by atoms with E-state index in [1.165, 1.54) is 6.08 Å². The summed E-state index contributed by atoms with van der Waals surface area (Å²) in [4.78, 5) is 12.4. The zero-order valence-electron chi connectivity index (χ0n) is 8.64. The average molecular weight is 225 g/mol. The summed E-state index contributed by atoms with van der Waals surface area (Å²) in [6.07, 6.45) is 3.88. The van der Waals surface area contributed by atoms with Crippen molar-refractivity contribution < 1.29 is 9.90 Å². The number of nitrogens with one attached hydrogen (secondary N) is 1. The second-order valence-electron chi connectivity index (χ2n) is 3.27. The molecule has 0 radical (unpaired) electrons. The van der Waals surface area contributed by atoms with E-state index in [2.05, 4.69) is 5.32 Å². The van der Waals surface area contributed by atoms with Crippen LogP contribution < -0.4 is 5.32 Å². The summed E-state index contributed by atoms with van der Waals surface area (Å²) in [6.45, 7) is 1.96. The minimum absolute atomic E-state index is 0.00971. The topological polar surface area (TPSA) is 49.3 Å². The van der Waals surface area contributed by atoms with Gasteiger partial charge in [-0.25, -0.2) is 0 Å². The van der Waals surface area contributed by atoms with Gasteiger partial charge in [0.05, 0.1) is 0 Å². The summed E-state index contributed by atoms with van der Waals surface area (Å²) in [5.74, 6) is -0.121. The number of thiophene rings is 1. The van der Waals surface area contributed by atoms with Crippen molar-refractivity contribution in [3.05, 3.63) is 28.5 Å². The minimum atomic E-state index is -0.121. The second-order valence-corrected chi connectivity index (χ2v) is 4.25. The van der Waals surface area contributed by atoms with E-state index in [4.69, 9.17) is 5.11 Å². The summed E-state index contributed by atoms with van der Waals surface area (Å²) in [7, 11) is 0. The number of rotatable bonds is 5. The number of hydrogen-bond acceptors (Lipinski definition) is 3. The molecule has 1 unspecified atom stereocenters. The Morgan fingerprint density at radius 2 is 2.53 bits per heavy atom. The van der Waals surface area contributed by atoms with E-state index in [-0.39, 0.29) is 18.6 Å². The lowest BCUT2D eigenvalue weighted by atomic mass is 10.2. The highest BCUT2D eigenvalue weighted by molar-refractivity contribution is 7.10. The number of amides is 1. The summed E-state index contributed by atoms with van der Waals surface area (Å²) in [5.41, 5.74) is 0. The molecule has 0 saturated carbocycles. The SMILES string of the molecule is CC(CCO)NC(=O)/C=C/c1cccs1. The van der Waals surface area contributed by atoms with Crippen LogP contribution in [0.4, 0.5) is 0 Å². The van der Waals surface area contributed by atoms with E-state index >= 15 is 0 Å². The zero-order valence-corrected chi connectivity index (χ0v) is 9.46. The maximum absolute atomic E-state index is 11.3. The number of carbonyl (C=O) groups excluding carboxylic acids is 1. The van der Waals surface area contributed by atoms with Crippen LogP contribution in [-0.4, -0.2) is 23.7 Å². The van der Waals surface area contributed by atoms with Crippen LogP contribution in [0.25, 0.3) is 6.08 Å². The standard InChI is InChI=1S/C11H15NO2S/c1-9(6-7-13)12-11(14)5-4-10-3-2-8-15-10/h2-5,8-9,13H,6-7H2,1H3,(H,12,14)/b5-4+. The molecule has 1 aromatic rings. The molecule has 0 aromatic carbocycles. The van der Waals surface area contributed by atoms with Gasteiger partial charge in [0, 0.05) is 23.6 Å². The van der Waals surface area contributed by atoms with Gasteiger partial charge in [-0.2, -0.15) is 0 Å². The van der Waals surface area contributed by atoms with Gasteiger partial charge in [0.25, 0.3) is 0 Å². The summed E-state index contributed by atoms with van der Waals surface area (Å²) in [5, 5.41) is 13.4. The first kappa shape index (κ1) is 11.9. The van der Waals surface area contributed by atoms with Crippen LogP contribution in [0, 0.1) is 0 Å². The average Bonchev–Trinajstić information content (AvgIpc) is 2.67. The van der Waals surface area contributed by atoms with Gasteiger partial charge in [-0.3, -0.25) is 4.79 Å². The van der Waals surface area contributed by atoms with Crippen molar-refractivity contribution in [2.24, 2.45) is 0 Å². The lowest BCUT2D eigenvalue weighted by Crippen LogP contribution is -2.31. The number of aliphatic hydroxyl groups excluding tert-OH is 1. The smallest absolute Gasteiger partial charge is 0.244 e. The Morgan fingerprint density at radius 3 is 3.13 bits per heavy atom. The van der Waals surface area contributed by atoms with Crippen LogP contribution in [0.15, 0.2) is 23.6 Å². The monoisotopic (exact) mass is 225 g/mol. The Labute approximate surface area is 93.4 Å². The molecular formula is C11H15NO2S. The molecule has 0 spiro atoms. The van der Waals surface area contributed by atoms with E-state index < -0.39 is 0 Å². The van der Waals surface area contributed by atoms with Crippen LogP contribution in [0.3, 0.4) is 0 Å². The lowest BCUT2D eigenvalue weighted by Gasteiger charge is -2.09. The number of carbonyl (C=O) groups is 1. The van der Waals surface area contributed by atoms with Gasteiger partial charge >= 0.3 is 0 Å². The van der Waals surface area contributed by atoms with Gasteiger partial charge < -0.3 is 10.4 Å². The highest BCUT2D eigenvalue weighted by atomic mass is 32.1. The highest BCUT2D eigenvalue weighted by Gasteiger charge is 2.02. The molecule has 1 amide bonds. The fraction of sp³-hybridized carbons (Fsp3) is 0.364. The first-order valence-corrected chi connectivity index (χ1v) is 5.73. The summed E-state index contributed by atoms with van der Waals surface area (Å²) in [6, 6.07) is 3.90. The van der Waals surface area contributed by atoms with E-state index in [0.717, 1.165) is 4.88 Å². The fourth-order valence-electron chi connectivity index (χ4n) is 1.10. The van der Waals surface area contributed by atoms with Crippen molar-refractivity contribution in [3.8, 4) is 0 Å². The van der Waals surface area contributed by atoms with E-state index in [0.29, 0.717) is 6.42 Å². The van der Waals surface area contributed by atoms with Crippen LogP contribution in [0.1, 0.15) is 18.2 Å². The largest absolute Gasteiger partial charge is 0.396 e. The van der Waals surface area contributed by atoms with E-state index in [1.54, 1.807) is 17.4 Å². The third-order valence-corrected chi connectivity index (χ3v) is 2.73. The van der Waals surface area contributed by atoms with Crippen LogP contribution in [0.5, 0.6) is 0 Å². The molecule has 0 aliphatic carbocycles. The maximum atomic E-state index is 11.3. The Kier molecular flexibility index (Phi) is 5.07. The minimum Gasteiger partial charge on any atom is -0.396 e. The second kappa shape index (κ2) is 6.37. The van der Waals surface area contributed by atoms with Gasteiger partial charge in [-0.1, -0.05) is 6.07 Å². The molecular weight excluding hydrogens is 210 g/mol. The molecule has 0 bridgehead atoms. The lowest BCUT2D eigenvalue weighted by molar-refractivity contribution is -0.117. The number of hydrogen-bond donors (Lipinski definition) is 2. The predicted molar refractivity (Wildman–Crippen MR) is 62.7 cm³/mol. The highest BCUT2D eigenvalue weighted by Crippen LogP contribution is 2.09. The molecule has 0 aliphatic heterocycles. The van der Waals surface area contributed by atoms with E-state index in [9.17, 15) is 4.79 Å². The van der Waals surface area contributed by atoms with Crippen molar-refractivity contribution in [2.75, 3.05) is 6.61 Å². The van der Waals surface area contributed by atoms with Crippen molar-refractivity contribution in [2.45, 2.75) is 19.4 Å². The molecule has 4 heteroatoms. The predicted octanol–water partition coefficient (Wildman–Crippen LogP) is 1.65. The molecule has 1 rings (SSSR count). The molecule has 2 N–H and O–H groups in total. The molecule has 82 valence electrons. The van der Waals surface area contributed by atoms with Crippen LogP contribution in [0.2, 0.25) is 0 Å². The van der Waals surface area contributed by atoms with Crippen molar-refractivity contribution in [1.82, 2.24) is 5.32 Å². The third kappa shape index (κ3) is 4.76. The van der Waals surface area contributed by atoms with Crippen molar-refractivity contribution in [3.63, 3.8) is 0 Å².